The van der Waals surface area contributed by atoms with Crippen molar-refractivity contribution in [3.8, 4) is 11.1 Å². The largest absolute Gasteiger partial charge is 1.00 e. The number of H-pyrrole nitrogens is 1. The van der Waals surface area contributed by atoms with Crippen LogP contribution < -0.4 is 32.4 Å². The molecule has 0 aliphatic carbocycles. The van der Waals surface area contributed by atoms with E-state index in [9.17, 15) is 9.59 Å². The van der Waals surface area contributed by atoms with Crippen LogP contribution in [-0.4, -0.2) is 10.9 Å². The van der Waals surface area contributed by atoms with E-state index in [0.717, 1.165) is 17.7 Å². The van der Waals surface area contributed by atoms with Crippen molar-refractivity contribution in [2.24, 2.45) is 0 Å². The van der Waals surface area contributed by atoms with E-state index in [1.54, 1.807) is 12.3 Å². The molecule has 2 aromatic heterocycles. The Balaban J connectivity index is 0.00000225. The van der Waals surface area contributed by atoms with Crippen molar-refractivity contribution in [3.05, 3.63) is 83.0 Å². The lowest BCUT2D eigenvalue weighted by Gasteiger charge is -2.05. The van der Waals surface area contributed by atoms with E-state index in [2.05, 4.69) is 27.0 Å². The lowest BCUT2D eigenvalue weighted by atomic mass is 10.1. The molecular weight excluding hydrogens is 382 g/mol. The molecule has 0 radical (unpaired) electrons. The number of nitrogens with zero attached hydrogens (tertiary/aromatic N) is 1. The first-order valence-corrected chi connectivity index (χ1v) is 7.65. The maximum atomic E-state index is 11.7. The van der Waals surface area contributed by atoms with Crippen LogP contribution in [0.2, 0.25) is 0 Å². The van der Waals surface area contributed by atoms with Crippen molar-refractivity contribution in [3.63, 3.8) is 0 Å². The Hall–Kier alpha value is -2.73. The molecule has 0 unspecified atom stereocenters. The quantitative estimate of drug-likeness (QED) is 0.572. The minimum absolute atomic E-state index is 0. The molecule has 25 heavy (non-hydrogen) atoms. The third-order valence-corrected chi connectivity index (χ3v) is 3.65. The van der Waals surface area contributed by atoms with Crippen molar-refractivity contribution in [1.82, 2.24) is 4.98 Å². The number of benzene rings is 1. The number of aromatic nitrogens is 2. The van der Waals surface area contributed by atoms with E-state index < -0.39 is 0 Å². The second-order valence-electron chi connectivity index (χ2n) is 5.56. The fraction of sp³-hybridized carbons (Fsp3) is 0.105. The molecule has 6 heteroatoms. The van der Waals surface area contributed by atoms with Crippen LogP contribution in [0.1, 0.15) is 12.5 Å². The summed E-state index contributed by atoms with van der Waals surface area (Å²) in [6, 6.07) is 15.9. The Labute approximate surface area is 156 Å². The molecule has 3 rings (SSSR count). The van der Waals surface area contributed by atoms with Crippen LogP contribution in [-0.2, 0) is 11.3 Å². The summed E-state index contributed by atoms with van der Waals surface area (Å²) in [4.78, 5) is 25.5. The SMILES string of the molecule is CC(=O)Nc1cc(-c2cc[n+](Cc3ccccc3)cc2)c[nH]c1=O.[Br-]. The van der Waals surface area contributed by atoms with Gasteiger partial charge < -0.3 is 27.3 Å². The fourth-order valence-electron chi connectivity index (χ4n) is 2.48. The summed E-state index contributed by atoms with van der Waals surface area (Å²) in [6.07, 6.45) is 5.63. The van der Waals surface area contributed by atoms with E-state index in [4.69, 9.17) is 0 Å². The molecule has 0 saturated heterocycles. The van der Waals surface area contributed by atoms with Crippen molar-refractivity contribution in [1.29, 1.82) is 0 Å². The Morgan fingerprint density at radius 2 is 1.76 bits per heavy atom. The summed E-state index contributed by atoms with van der Waals surface area (Å²) < 4.78 is 2.08. The second-order valence-corrected chi connectivity index (χ2v) is 5.56. The number of halogens is 1. The monoisotopic (exact) mass is 399 g/mol. The first-order chi connectivity index (χ1) is 11.6. The van der Waals surface area contributed by atoms with Crippen molar-refractivity contribution < 1.29 is 26.3 Å². The Kier molecular flexibility index (Phi) is 6.25. The summed E-state index contributed by atoms with van der Waals surface area (Å²) in [6.45, 7) is 2.17. The molecule has 2 heterocycles. The van der Waals surface area contributed by atoms with Crippen molar-refractivity contribution >= 4 is 11.6 Å². The third-order valence-electron chi connectivity index (χ3n) is 3.65. The molecule has 0 fully saturated rings. The smallest absolute Gasteiger partial charge is 0.271 e. The van der Waals surface area contributed by atoms with Gasteiger partial charge >= 0.3 is 0 Å². The molecule has 0 bridgehead atoms. The van der Waals surface area contributed by atoms with Gasteiger partial charge in [-0.1, -0.05) is 30.3 Å². The average molecular weight is 400 g/mol. The van der Waals surface area contributed by atoms with Gasteiger partial charge in [-0.25, -0.2) is 4.57 Å². The highest BCUT2D eigenvalue weighted by atomic mass is 79.9. The number of anilines is 1. The van der Waals surface area contributed by atoms with Crippen LogP contribution in [0.5, 0.6) is 0 Å². The predicted molar refractivity (Wildman–Crippen MR) is 92.5 cm³/mol. The molecule has 1 aromatic carbocycles. The average Bonchev–Trinajstić information content (AvgIpc) is 2.58. The molecule has 2 N–H and O–H groups in total. The van der Waals surface area contributed by atoms with Gasteiger partial charge in [0.1, 0.15) is 5.69 Å². The van der Waals surface area contributed by atoms with Crippen LogP contribution in [0.25, 0.3) is 11.1 Å². The van der Waals surface area contributed by atoms with Gasteiger partial charge in [0.15, 0.2) is 18.9 Å². The molecule has 0 atom stereocenters. The van der Waals surface area contributed by atoms with Crippen LogP contribution in [0.4, 0.5) is 5.69 Å². The topological polar surface area (TPSA) is 65.8 Å². The zero-order chi connectivity index (χ0) is 16.9. The van der Waals surface area contributed by atoms with E-state index in [-0.39, 0.29) is 34.1 Å². The predicted octanol–water partition coefficient (Wildman–Crippen LogP) is -0.660. The molecule has 0 saturated carbocycles. The summed E-state index contributed by atoms with van der Waals surface area (Å²) >= 11 is 0. The van der Waals surface area contributed by atoms with Crippen LogP contribution in [0, 0.1) is 0 Å². The first-order valence-electron chi connectivity index (χ1n) is 7.65. The number of hydrogen-bond donors (Lipinski definition) is 2. The van der Waals surface area contributed by atoms with Gasteiger partial charge in [-0.05, 0) is 11.6 Å². The molecule has 3 aromatic rings. The normalized spacial score (nSPS) is 9.96. The maximum Gasteiger partial charge on any atom is 0.271 e. The highest BCUT2D eigenvalue weighted by molar-refractivity contribution is 5.89. The lowest BCUT2D eigenvalue weighted by Crippen LogP contribution is -3.00. The second kappa shape index (κ2) is 8.39. The van der Waals surface area contributed by atoms with Gasteiger partial charge in [0.2, 0.25) is 5.91 Å². The van der Waals surface area contributed by atoms with Gasteiger partial charge in [0, 0.05) is 36.4 Å². The van der Waals surface area contributed by atoms with Gasteiger partial charge in [0.25, 0.3) is 5.56 Å². The van der Waals surface area contributed by atoms with E-state index in [1.807, 2.05) is 42.7 Å². The van der Waals surface area contributed by atoms with Gasteiger partial charge in [-0.3, -0.25) is 9.59 Å². The van der Waals surface area contributed by atoms with Crippen LogP contribution in [0.3, 0.4) is 0 Å². The van der Waals surface area contributed by atoms with Gasteiger partial charge in [-0.2, -0.15) is 0 Å². The maximum absolute atomic E-state index is 11.7. The molecule has 0 spiro atoms. The molecule has 5 nitrogen and oxygen atoms in total. The molecular formula is C19H18BrN3O2. The fourth-order valence-corrected chi connectivity index (χ4v) is 2.48. The van der Waals surface area contributed by atoms with Crippen molar-refractivity contribution in [2.45, 2.75) is 13.5 Å². The van der Waals surface area contributed by atoms with E-state index in [1.165, 1.54) is 12.5 Å². The highest BCUT2D eigenvalue weighted by Crippen LogP contribution is 2.18. The number of rotatable bonds is 4. The number of carbonyl (C=O) groups is 1. The number of hydrogen-bond acceptors (Lipinski definition) is 2. The van der Waals surface area contributed by atoms with E-state index >= 15 is 0 Å². The summed E-state index contributed by atoms with van der Waals surface area (Å²) in [5, 5.41) is 2.54. The Morgan fingerprint density at radius 3 is 2.40 bits per heavy atom. The van der Waals surface area contributed by atoms with Crippen molar-refractivity contribution in [2.75, 3.05) is 5.32 Å². The molecule has 0 aliphatic heterocycles. The minimum Gasteiger partial charge on any atom is -1.00 e. The standard InChI is InChI=1S/C19H17N3O2.BrH/c1-14(23)21-18-11-17(12-20-19(18)24)16-7-9-22(10-8-16)13-15-5-3-2-4-6-15;/h2-12H,13H2,1H3,(H,21,23);1H. The number of pyridine rings is 2. The number of carbonyl (C=O) groups excluding carboxylic acids is 1. The highest BCUT2D eigenvalue weighted by Gasteiger charge is 2.07. The third kappa shape index (κ3) is 4.87. The van der Waals surface area contributed by atoms with Gasteiger partial charge in [-0.15, -0.1) is 0 Å². The molecule has 0 aliphatic rings. The van der Waals surface area contributed by atoms with Crippen LogP contribution >= 0.6 is 0 Å². The number of nitrogens with one attached hydrogen (secondary N) is 2. The summed E-state index contributed by atoms with van der Waals surface area (Å²) in [5.41, 5.74) is 2.96. The number of aromatic amines is 1. The summed E-state index contributed by atoms with van der Waals surface area (Å²) in [5.74, 6) is -0.272. The lowest BCUT2D eigenvalue weighted by molar-refractivity contribution is -0.688. The zero-order valence-electron chi connectivity index (χ0n) is 13.7. The zero-order valence-corrected chi connectivity index (χ0v) is 15.3. The Bertz CT molecular complexity index is 906. The summed E-state index contributed by atoms with van der Waals surface area (Å²) in [7, 11) is 0. The van der Waals surface area contributed by atoms with Gasteiger partial charge in [0.05, 0.1) is 0 Å². The number of amides is 1. The minimum atomic E-state index is -0.316. The van der Waals surface area contributed by atoms with E-state index in [0.29, 0.717) is 0 Å². The first kappa shape index (κ1) is 18.6. The molecule has 128 valence electrons. The molecule has 1 amide bonds. The Morgan fingerprint density at radius 1 is 1.08 bits per heavy atom. The van der Waals surface area contributed by atoms with Crippen LogP contribution in [0.15, 0.2) is 71.9 Å².